The minimum atomic E-state index is -0.200. The van der Waals surface area contributed by atoms with Crippen LogP contribution in [0.3, 0.4) is 0 Å². The summed E-state index contributed by atoms with van der Waals surface area (Å²) in [6.45, 7) is 0. The quantitative estimate of drug-likeness (QED) is 0.717. The van der Waals surface area contributed by atoms with E-state index in [9.17, 15) is 0 Å². The number of para-hydroxylation sites is 1. The minimum absolute atomic E-state index is 0.200. The zero-order valence-corrected chi connectivity index (χ0v) is 8.02. The van der Waals surface area contributed by atoms with Gasteiger partial charge in [0.25, 0.3) is 0 Å². The van der Waals surface area contributed by atoms with Crippen molar-refractivity contribution in [1.29, 1.82) is 0 Å². The lowest BCUT2D eigenvalue weighted by Gasteiger charge is -1.90. The zero-order valence-electron chi connectivity index (χ0n) is 5.87. The van der Waals surface area contributed by atoms with Gasteiger partial charge in [0.05, 0.1) is 11.7 Å². The van der Waals surface area contributed by atoms with Crippen molar-refractivity contribution in [2.45, 2.75) is 0 Å². The third-order valence-electron chi connectivity index (χ3n) is 1.55. The molecule has 2 rings (SSSR count). The van der Waals surface area contributed by atoms with Crippen LogP contribution in [-0.4, -0.2) is 12.5 Å². The van der Waals surface area contributed by atoms with Crippen molar-refractivity contribution in [3.05, 3.63) is 30.5 Å². The Labute approximate surface area is 74.9 Å². The van der Waals surface area contributed by atoms with Crippen LogP contribution in [0.2, 0.25) is 0 Å². The first kappa shape index (κ1) is 6.97. The smallest absolute Gasteiger partial charge is 0.0791 e. The molecule has 11 heavy (non-hydrogen) atoms. The summed E-state index contributed by atoms with van der Waals surface area (Å²) in [5, 5.41) is 5.42. The average molecular weight is 258 g/mol. The SMILES string of the molecule is C=In1ncc2ccccc21. The van der Waals surface area contributed by atoms with Crippen molar-refractivity contribution in [3.63, 3.8) is 0 Å². The molecule has 1 heterocycles. The molecule has 0 amide bonds. The van der Waals surface area contributed by atoms with E-state index in [-0.39, 0.29) is 21.0 Å². The topological polar surface area (TPSA) is 17.8 Å². The van der Waals surface area contributed by atoms with Crippen LogP contribution in [0.4, 0.5) is 0 Å². The van der Waals surface area contributed by atoms with Crippen LogP contribution in [0.1, 0.15) is 0 Å². The van der Waals surface area contributed by atoms with Gasteiger partial charge in [0.15, 0.2) is 0 Å². The van der Waals surface area contributed by atoms with E-state index in [0.29, 0.717) is 0 Å². The number of rotatable bonds is 1. The Balaban J connectivity index is 2.86. The second-order valence-corrected chi connectivity index (χ2v) is 3.78. The summed E-state index contributed by atoms with van der Waals surface area (Å²) in [5.74, 6) is 0. The fraction of sp³-hybridized carbons (Fsp3) is 0. The number of benzene rings is 1. The Morgan fingerprint density at radius 3 is 3.00 bits per heavy atom. The summed E-state index contributed by atoms with van der Waals surface area (Å²) in [7, 11) is 0. The van der Waals surface area contributed by atoms with E-state index in [0.717, 1.165) is 0 Å². The van der Waals surface area contributed by atoms with Crippen LogP contribution in [-0.2, 0) is 0 Å². The molecule has 1 aromatic heterocycles. The molecule has 0 radical (unpaired) electrons. The van der Waals surface area contributed by atoms with Gasteiger partial charge in [-0.2, -0.15) is 5.10 Å². The fourth-order valence-corrected chi connectivity index (χ4v) is 2.14. The van der Waals surface area contributed by atoms with Gasteiger partial charge in [-0.15, -0.1) is 0 Å². The minimum Gasteiger partial charge on any atom is -0.211 e. The maximum absolute atomic E-state index is 4.22. The number of hydrogen-bond donors (Lipinski definition) is 0. The molecule has 1 aromatic carbocycles. The molecule has 0 aliphatic carbocycles. The van der Waals surface area contributed by atoms with Gasteiger partial charge in [-0.3, -0.25) is 0 Å². The highest BCUT2D eigenvalue weighted by atomic mass is 127. The van der Waals surface area contributed by atoms with Gasteiger partial charge in [-0.25, -0.2) is 2.90 Å². The Kier molecular flexibility index (Phi) is 1.73. The Morgan fingerprint density at radius 1 is 1.36 bits per heavy atom. The number of halogens is 1. The molecule has 56 valence electrons. The van der Waals surface area contributed by atoms with Crippen molar-refractivity contribution in [2.24, 2.45) is 0 Å². The molecule has 2 nitrogen and oxygen atoms in total. The molecule has 0 aliphatic heterocycles. The molecule has 0 fully saturated rings. The van der Waals surface area contributed by atoms with Crippen LogP contribution in [0.25, 0.3) is 10.9 Å². The number of aromatic nitrogens is 2. The highest BCUT2D eigenvalue weighted by molar-refractivity contribution is 14.2. The third kappa shape index (κ3) is 1.09. The molecule has 0 saturated carbocycles. The molecule has 0 unspecified atom stereocenters. The van der Waals surface area contributed by atoms with Gasteiger partial charge in [0.2, 0.25) is 0 Å². The van der Waals surface area contributed by atoms with Crippen molar-refractivity contribution in [3.8, 4) is 0 Å². The summed E-state index contributed by atoms with van der Waals surface area (Å²) < 4.78 is 5.88. The largest absolute Gasteiger partial charge is 0.211 e. The molecule has 0 N–H and O–H groups in total. The lowest BCUT2D eigenvalue weighted by atomic mass is 10.3. The van der Waals surface area contributed by atoms with E-state index >= 15 is 0 Å². The number of nitrogens with zero attached hydrogens (tertiary/aromatic N) is 2. The first-order valence-electron chi connectivity index (χ1n) is 3.23. The van der Waals surface area contributed by atoms with Gasteiger partial charge >= 0.3 is 0 Å². The molecule has 3 heteroatoms. The summed E-state index contributed by atoms with van der Waals surface area (Å²) in [6.07, 6.45) is 1.89. The number of fused-ring (bicyclic) bond motifs is 1. The molecule has 0 bridgehead atoms. The second-order valence-electron chi connectivity index (χ2n) is 2.18. The van der Waals surface area contributed by atoms with Gasteiger partial charge in [-0.05, 0) is 10.6 Å². The Bertz CT molecular complexity index is 392. The first-order chi connectivity index (χ1) is 5.42. The average Bonchev–Trinajstić information content (AvgIpc) is 2.47. The van der Waals surface area contributed by atoms with Crippen molar-refractivity contribution >= 4 is 36.4 Å². The van der Waals surface area contributed by atoms with E-state index in [4.69, 9.17) is 0 Å². The molecule has 0 saturated heterocycles. The highest BCUT2D eigenvalue weighted by Gasteiger charge is 1.96. The highest BCUT2D eigenvalue weighted by Crippen LogP contribution is 2.15. The van der Waals surface area contributed by atoms with Crippen molar-refractivity contribution in [1.82, 2.24) is 7.99 Å². The van der Waals surface area contributed by atoms with Crippen molar-refractivity contribution < 1.29 is 0 Å². The summed E-state index contributed by atoms with van der Waals surface area (Å²) in [4.78, 5) is 0. The van der Waals surface area contributed by atoms with E-state index in [1.165, 1.54) is 10.9 Å². The lowest BCUT2D eigenvalue weighted by molar-refractivity contribution is 1.08. The molecule has 0 aliphatic rings. The number of hydrogen-bond acceptors (Lipinski definition) is 1. The monoisotopic (exact) mass is 258 g/mol. The fourth-order valence-electron chi connectivity index (χ4n) is 1.04. The van der Waals surface area contributed by atoms with Gasteiger partial charge in [-0.1, -0.05) is 18.2 Å². The first-order valence-corrected chi connectivity index (χ1v) is 5.72. The van der Waals surface area contributed by atoms with E-state index in [1.54, 1.807) is 0 Å². The van der Waals surface area contributed by atoms with Crippen molar-refractivity contribution in [2.75, 3.05) is 0 Å². The Morgan fingerprint density at radius 2 is 2.18 bits per heavy atom. The summed E-state index contributed by atoms with van der Waals surface area (Å²) in [6, 6.07) is 8.20. The van der Waals surface area contributed by atoms with E-state index in [1.807, 2.05) is 21.2 Å². The third-order valence-corrected chi connectivity index (χ3v) is 2.96. The Hall–Kier alpha value is -0.710. The predicted octanol–water partition coefficient (Wildman–Crippen LogP) is 2.20. The van der Waals surface area contributed by atoms with Crippen LogP contribution < -0.4 is 0 Å². The van der Waals surface area contributed by atoms with E-state index in [2.05, 4.69) is 21.7 Å². The van der Waals surface area contributed by atoms with E-state index < -0.39 is 0 Å². The standard InChI is InChI=1S/C8H7IN2/c1-9-11-8-5-3-2-4-7(8)6-10-11/h2-6H,1H2. The molecule has 2 aromatic rings. The zero-order chi connectivity index (χ0) is 7.68. The molecule has 0 spiro atoms. The second kappa shape index (κ2) is 2.73. The predicted molar refractivity (Wildman–Crippen MR) is 56.3 cm³/mol. The van der Waals surface area contributed by atoms with Gasteiger partial charge in [0.1, 0.15) is 0 Å². The molecule has 0 atom stereocenters. The summed E-state index contributed by atoms with van der Waals surface area (Å²) in [5.41, 5.74) is 1.20. The lowest BCUT2D eigenvalue weighted by Crippen LogP contribution is -1.79. The molecular weight excluding hydrogens is 251 g/mol. The van der Waals surface area contributed by atoms with Crippen LogP contribution in [0.5, 0.6) is 0 Å². The molecular formula is C8H7IN2. The maximum atomic E-state index is 4.22. The van der Waals surface area contributed by atoms with Gasteiger partial charge < -0.3 is 0 Å². The van der Waals surface area contributed by atoms with Crippen LogP contribution in [0.15, 0.2) is 30.5 Å². The maximum Gasteiger partial charge on any atom is 0.0791 e. The van der Waals surface area contributed by atoms with Crippen LogP contribution in [0, 0.1) is 0 Å². The summed E-state index contributed by atoms with van der Waals surface area (Å²) >= 11 is -0.200. The normalized spacial score (nSPS) is 10.5. The van der Waals surface area contributed by atoms with Gasteiger partial charge in [0, 0.05) is 26.4 Å². The van der Waals surface area contributed by atoms with Crippen LogP contribution >= 0.6 is 21.0 Å².